The number of piperazine rings is 1. The topological polar surface area (TPSA) is 44.8 Å². The summed E-state index contributed by atoms with van der Waals surface area (Å²) in [6, 6.07) is 2.87. The van der Waals surface area contributed by atoms with Gasteiger partial charge in [-0.2, -0.15) is 11.3 Å². The Morgan fingerprint density at radius 1 is 1.39 bits per heavy atom. The molecule has 1 saturated heterocycles. The lowest BCUT2D eigenvalue weighted by atomic mass is 10.1. The first kappa shape index (κ1) is 16.7. The molecule has 23 heavy (non-hydrogen) atoms. The van der Waals surface area contributed by atoms with E-state index in [-0.39, 0.29) is 12.1 Å². The van der Waals surface area contributed by atoms with E-state index in [1.165, 1.54) is 18.4 Å². The maximum Gasteiger partial charge on any atom is 0.317 e. The Morgan fingerprint density at radius 3 is 2.70 bits per heavy atom. The molecular weight excluding hydrogens is 310 g/mol. The third-order valence-corrected chi connectivity index (χ3v) is 5.72. The highest BCUT2D eigenvalue weighted by atomic mass is 32.1. The van der Waals surface area contributed by atoms with Gasteiger partial charge in [-0.25, -0.2) is 4.79 Å². The van der Waals surface area contributed by atoms with Crippen LogP contribution in [0.2, 0.25) is 0 Å². The quantitative estimate of drug-likeness (QED) is 0.868. The largest absolute Gasteiger partial charge is 0.383 e. The van der Waals surface area contributed by atoms with Gasteiger partial charge in [0.15, 0.2) is 0 Å². The first-order valence-electron chi connectivity index (χ1n) is 8.49. The second-order valence-electron chi connectivity index (χ2n) is 6.60. The van der Waals surface area contributed by atoms with Crippen LogP contribution in [-0.4, -0.2) is 61.8 Å². The number of amides is 2. The molecule has 1 N–H and O–H groups in total. The highest BCUT2D eigenvalue weighted by molar-refractivity contribution is 7.07. The van der Waals surface area contributed by atoms with Crippen LogP contribution in [0.5, 0.6) is 0 Å². The number of thiophene rings is 1. The maximum atomic E-state index is 12.5. The number of methoxy groups -OCH3 is 1. The summed E-state index contributed by atoms with van der Waals surface area (Å²) in [6.07, 6.45) is 2.42. The van der Waals surface area contributed by atoms with Crippen molar-refractivity contribution >= 4 is 17.4 Å². The number of hydrogen-bond acceptors (Lipinski definition) is 4. The Bertz CT molecular complexity index is 496. The average molecular weight is 337 g/mol. The van der Waals surface area contributed by atoms with Crippen LogP contribution in [-0.2, 0) is 4.74 Å². The summed E-state index contributed by atoms with van der Waals surface area (Å²) in [7, 11) is 1.70. The SMILES string of the molecule is COC[C@H](NC(=O)N1CCN([C@@H](C)c2ccsc2)CC1)C1CC1. The molecule has 1 aromatic heterocycles. The summed E-state index contributed by atoms with van der Waals surface area (Å²) < 4.78 is 5.24. The summed E-state index contributed by atoms with van der Waals surface area (Å²) in [5.41, 5.74) is 1.38. The Morgan fingerprint density at radius 2 is 2.13 bits per heavy atom. The Kier molecular flexibility index (Phi) is 5.56. The molecule has 1 aliphatic carbocycles. The molecule has 2 atom stereocenters. The van der Waals surface area contributed by atoms with Crippen LogP contribution in [0.4, 0.5) is 4.79 Å². The van der Waals surface area contributed by atoms with Crippen LogP contribution in [0.3, 0.4) is 0 Å². The summed E-state index contributed by atoms with van der Waals surface area (Å²) in [5, 5.41) is 7.51. The summed E-state index contributed by atoms with van der Waals surface area (Å²) in [5.74, 6) is 0.610. The van der Waals surface area contributed by atoms with Gasteiger partial charge < -0.3 is 15.0 Å². The van der Waals surface area contributed by atoms with E-state index in [1.54, 1.807) is 18.4 Å². The first-order valence-corrected chi connectivity index (χ1v) is 9.44. The number of urea groups is 1. The highest BCUT2D eigenvalue weighted by Crippen LogP contribution is 2.32. The minimum Gasteiger partial charge on any atom is -0.383 e. The van der Waals surface area contributed by atoms with Gasteiger partial charge in [-0.05, 0) is 48.1 Å². The first-order chi connectivity index (χ1) is 11.2. The number of carbonyl (C=O) groups excluding carboxylic acids is 1. The van der Waals surface area contributed by atoms with E-state index in [4.69, 9.17) is 4.74 Å². The highest BCUT2D eigenvalue weighted by Gasteiger charge is 2.34. The molecule has 0 aromatic carbocycles. The molecule has 3 rings (SSSR count). The minimum atomic E-state index is 0.0711. The third kappa shape index (κ3) is 4.25. The zero-order chi connectivity index (χ0) is 16.2. The fourth-order valence-electron chi connectivity index (χ4n) is 3.26. The van der Waals surface area contributed by atoms with Crippen molar-refractivity contribution < 1.29 is 9.53 Å². The fraction of sp³-hybridized carbons (Fsp3) is 0.706. The molecule has 1 aliphatic heterocycles. The zero-order valence-corrected chi connectivity index (χ0v) is 14.8. The van der Waals surface area contributed by atoms with Gasteiger partial charge in [0.2, 0.25) is 0 Å². The summed E-state index contributed by atoms with van der Waals surface area (Å²) >= 11 is 1.74. The number of ether oxygens (including phenoxy) is 1. The van der Waals surface area contributed by atoms with E-state index in [9.17, 15) is 4.79 Å². The van der Waals surface area contributed by atoms with Gasteiger partial charge in [-0.15, -0.1) is 0 Å². The van der Waals surface area contributed by atoms with Crippen LogP contribution < -0.4 is 5.32 Å². The van der Waals surface area contributed by atoms with Crippen molar-refractivity contribution in [3.8, 4) is 0 Å². The van der Waals surface area contributed by atoms with Crippen molar-refractivity contribution in [3.63, 3.8) is 0 Å². The molecule has 2 aliphatic rings. The molecule has 6 heteroatoms. The van der Waals surface area contributed by atoms with Crippen molar-refractivity contribution in [1.82, 2.24) is 15.1 Å². The van der Waals surface area contributed by atoms with Gasteiger partial charge in [-0.3, -0.25) is 4.90 Å². The molecule has 2 heterocycles. The standard InChI is InChI=1S/C17H27N3O2S/c1-13(15-5-10-23-12-15)19-6-8-20(9-7-19)17(21)18-16(11-22-2)14-3-4-14/h5,10,12-14,16H,3-4,6-9,11H2,1-2H3,(H,18,21)/t13-,16-/m0/s1. The minimum absolute atomic E-state index is 0.0711. The summed E-state index contributed by atoms with van der Waals surface area (Å²) in [6.45, 7) is 6.33. The van der Waals surface area contributed by atoms with E-state index in [0.717, 1.165) is 26.2 Å². The Hall–Kier alpha value is -1.11. The number of nitrogens with one attached hydrogen (secondary N) is 1. The van der Waals surface area contributed by atoms with Crippen LogP contribution in [0, 0.1) is 5.92 Å². The predicted molar refractivity (Wildman–Crippen MR) is 92.8 cm³/mol. The molecule has 1 aromatic rings. The van der Waals surface area contributed by atoms with Crippen molar-refractivity contribution in [2.24, 2.45) is 5.92 Å². The zero-order valence-electron chi connectivity index (χ0n) is 14.0. The van der Waals surface area contributed by atoms with E-state index in [2.05, 4.69) is 34.0 Å². The lowest BCUT2D eigenvalue weighted by Gasteiger charge is -2.38. The molecule has 0 spiro atoms. The van der Waals surface area contributed by atoms with Crippen molar-refractivity contribution in [3.05, 3.63) is 22.4 Å². The fourth-order valence-corrected chi connectivity index (χ4v) is 4.01. The van der Waals surface area contributed by atoms with Crippen LogP contribution in [0.25, 0.3) is 0 Å². The summed E-state index contributed by atoms with van der Waals surface area (Å²) in [4.78, 5) is 16.9. The molecule has 128 valence electrons. The molecular formula is C17H27N3O2S. The van der Waals surface area contributed by atoms with Crippen molar-refractivity contribution in [2.75, 3.05) is 39.9 Å². The van der Waals surface area contributed by atoms with Gasteiger partial charge in [0.05, 0.1) is 12.6 Å². The normalized spacial score (nSPS) is 21.9. The van der Waals surface area contributed by atoms with Crippen LogP contribution >= 0.6 is 11.3 Å². The van der Waals surface area contributed by atoms with E-state index in [1.807, 2.05) is 4.90 Å². The van der Waals surface area contributed by atoms with Gasteiger partial charge in [0.25, 0.3) is 0 Å². The van der Waals surface area contributed by atoms with Crippen molar-refractivity contribution in [2.45, 2.75) is 31.8 Å². The number of nitrogens with zero attached hydrogens (tertiary/aromatic N) is 2. The smallest absolute Gasteiger partial charge is 0.317 e. The second-order valence-corrected chi connectivity index (χ2v) is 7.38. The lowest BCUT2D eigenvalue weighted by molar-refractivity contribution is 0.106. The van der Waals surface area contributed by atoms with Gasteiger partial charge in [0, 0.05) is 39.3 Å². The van der Waals surface area contributed by atoms with Gasteiger partial charge in [0.1, 0.15) is 0 Å². The number of hydrogen-bond donors (Lipinski definition) is 1. The predicted octanol–water partition coefficient (Wildman–Crippen LogP) is 2.56. The van der Waals surface area contributed by atoms with E-state index >= 15 is 0 Å². The Balaban J connectivity index is 1.47. The molecule has 1 saturated carbocycles. The third-order valence-electron chi connectivity index (χ3n) is 5.02. The van der Waals surface area contributed by atoms with Gasteiger partial charge >= 0.3 is 6.03 Å². The molecule has 0 unspecified atom stereocenters. The second kappa shape index (κ2) is 7.64. The molecule has 0 bridgehead atoms. The number of carbonyl (C=O) groups is 1. The van der Waals surface area contributed by atoms with E-state index in [0.29, 0.717) is 18.6 Å². The molecule has 2 fully saturated rings. The lowest BCUT2D eigenvalue weighted by Crippen LogP contribution is -2.54. The molecule has 0 radical (unpaired) electrons. The van der Waals surface area contributed by atoms with Crippen LogP contribution in [0.15, 0.2) is 16.8 Å². The van der Waals surface area contributed by atoms with Crippen molar-refractivity contribution in [1.29, 1.82) is 0 Å². The Labute approximate surface area is 142 Å². The maximum absolute atomic E-state index is 12.5. The monoisotopic (exact) mass is 337 g/mol. The molecule has 5 nitrogen and oxygen atoms in total. The number of rotatable bonds is 6. The van der Waals surface area contributed by atoms with Crippen LogP contribution in [0.1, 0.15) is 31.4 Å². The van der Waals surface area contributed by atoms with E-state index < -0.39 is 0 Å². The molecule has 2 amide bonds. The van der Waals surface area contributed by atoms with Gasteiger partial charge in [-0.1, -0.05) is 0 Å². The average Bonchev–Trinajstić information content (AvgIpc) is 3.28.